The Kier molecular flexibility index (Phi) is 3.58. The minimum absolute atomic E-state index is 0.0817. The van der Waals surface area contributed by atoms with Crippen molar-refractivity contribution in [2.24, 2.45) is 0 Å². The van der Waals surface area contributed by atoms with E-state index in [1.54, 1.807) is 12.1 Å². The summed E-state index contributed by atoms with van der Waals surface area (Å²) in [7, 11) is -3.69. The number of fused-ring (bicyclic) bond motifs is 1. The molecule has 0 aliphatic rings. The zero-order chi connectivity index (χ0) is 15.9. The summed E-state index contributed by atoms with van der Waals surface area (Å²) < 4.78 is 33.5. The minimum atomic E-state index is -3.69. The number of benzene rings is 2. The van der Waals surface area contributed by atoms with Crippen molar-refractivity contribution in [2.75, 3.05) is 6.26 Å². The topological polar surface area (TPSA) is 69.4 Å². The summed E-state index contributed by atoms with van der Waals surface area (Å²) in [5.74, 6) is 0.356. The van der Waals surface area contributed by atoms with E-state index in [0.29, 0.717) is 21.7 Å². The largest absolute Gasteiger partial charge is 0.436 e. The second kappa shape index (κ2) is 5.30. The fourth-order valence-corrected chi connectivity index (χ4v) is 2.68. The van der Waals surface area contributed by atoms with E-state index in [-0.39, 0.29) is 11.6 Å². The lowest BCUT2D eigenvalue weighted by Crippen LogP contribution is -2.06. The van der Waals surface area contributed by atoms with Crippen LogP contribution in [0.25, 0.3) is 22.6 Å². The van der Waals surface area contributed by atoms with Crippen molar-refractivity contribution in [1.82, 2.24) is 4.98 Å². The molecule has 0 saturated carbocycles. The summed E-state index contributed by atoms with van der Waals surface area (Å²) >= 11 is 5.91. The third kappa shape index (κ3) is 3.08. The highest BCUT2D eigenvalue weighted by molar-refractivity contribution is 7.86. The van der Waals surface area contributed by atoms with Gasteiger partial charge in [-0.1, -0.05) is 17.7 Å². The van der Waals surface area contributed by atoms with E-state index in [2.05, 4.69) is 4.98 Å². The molecule has 0 unspecified atom stereocenters. The fraction of sp³-hybridized carbons (Fsp3) is 0.133. The van der Waals surface area contributed by atoms with Gasteiger partial charge in [-0.2, -0.15) is 8.42 Å². The molecule has 2 aromatic carbocycles. The van der Waals surface area contributed by atoms with Gasteiger partial charge in [0.1, 0.15) is 5.52 Å². The Hall–Kier alpha value is -2.05. The molecular weight excluding hydrogens is 326 g/mol. The van der Waals surface area contributed by atoms with Gasteiger partial charge in [0.05, 0.1) is 11.8 Å². The summed E-state index contributed by atoms with van der Waals surface area (Å²) in [6, 6.07) is 10.3. The number of halogens is 1. The summed E-state index contributed by atoms with van der Waals surface area (Å²) in [5, 5.41) is 0.356. The van der Waals surface area contributed by atoms with E-state index in [4.69, 9.17) is 20.2 Å². The molecule has 0 amide bonds. The molecule has 114 valence electrons. The van der Waals surface area contributed by atoms with Crippen LogP contribution in [0.4, 0.5) is 0 Å². The fourth-order valence-electron chi connectivity index (χ4n) is 2.05. The number of hydrogen-bond acceptors (Lipinski definition) is 5. The summed E-state index contributed by atoms with van der Waals surface area (Å²) in [6.07, 6.45) is 0.965. The van der Waals surface area contributed by atoms with Crippen LogP contribution in [0.3, 0.4) is 0 Å². The number of rotatable bonds is 3. The molecule has 0 bridgehead atoms. The predicted molar refractivity (Wildman–Crippen MR) is 84.7 cm³/mol. The van der Waals surface area contributed by atoms with Gasteiger partial charge < -0.3 is 8.60 Å². The van der Waals surface area contributed by atoms with Gasteiger partial charge in [-0.3, -0.25) is 0 Å². The van der Waals surface area contributed by atoms with Crippen LogP contribution in [0.15, 0.2) is 40.8 Å². The third-order valence-corrected chi connectivity index (χ3v) is 3.68. The average molecular weight is 338 g/mol. The molecule has 0 spiro atoms. The highest BCUT2D eigenvalue weighted by Gasteiger charge is 2.17. The van der Waals surface area contributed by atoms with E-state index >= 15 is 0 Å². The first-order valence-corrected chi connectivity index (χ1v) is 8.58. The van der Waals surface area contributed by atoms with Crippen LogP contribution in [0.5, 0.6) is 5.75 Å². The first-order valence-electron chi connectivity index (χ1n) is 6.38. The number of hydrogen-bond donors (Lipinski definition) is 0. The molecule has 22 heavy (non-hydrogen) atoms. The Morgan fingerprint density at radius 1 is 1.18 bits per heavy atom. The zero-order valence-corrected chi connectivity index (χ0v) is 13.4. The smallest absolute Gasteiger partial charge is 0.306 e. The Morgan fingerprint density at radius 3 is 2.68 bits per heavy atom. The molecule has 0 saturated heterocycles. The SMILES string of the molecule is Cc1ccc2nc(-c3ccc(Cl)cc3OS(C)(=O)=O)oc2c1. The maximum Gasteiger partial charge on any atom is 0.306 e. The summed E-state index contributed by atoms with van der Waals surface area (Å²) in [4.78, 5) is 4.36. The van der Waals surface area contributed by atoms with Crippen LogP contribution in [-0.4, -0.2) is 19.7 Å². The standard InChI is InChI=1S/C15H12ClNO4S/c1-9-3-6-12-14(7-9)20-15(17-12)11-5-4-10(16)8-13(11)21-22(2,18)19/h3-8H,1-2H3. The summed E-state index contributed by atoms with van der Waals surface area (Å²) in [6.45, 7) is 1.95. The van der Waals surface area contributed by atoms with Crippen molar-refractivity contribution in [3.63, 3.8) is 0 Å². The van der Waals surface area contributed by atoms with Gasteiger partial charge in [0.2, 0.25) is 5.89 Å². The van der Waals surface area contributed by atoms with Crippen molar-refractivity contribution < 1.29 is 17.0 Å². The summed E-state index contributed by atoms with van der Waals surface area (Å²) in [5.41, 5.74) is 2.76. The second-order valence-corrected chi connectivity index (χ2v) is 6.93. The van der Waals surface area contributed by atoms with Crippen molar-refractivity contribution in [2.45, 2.75) is 6.92 Å². The molecule has 3 rings (SSSR count). The zero-order valence-electron chi connectivity index (χ0n) is 11.8. The molecule has 0 radical (unpaired) electrons. The Balaban J connectivity index is 2.17. The van der Waals surface area contributed by atoms with Crippen LogP contribution in [-0.2, 0) is 10.1 Å². The van der Waals surface area contributed by atoms with Gasteiger partial charge in [0.25, 0.3) is 0 Å². The predicted octanol–water partition coefficient (Wildman–Crippen LogP) is 3.80. The van der Waals surface area contributed by atoms with Crippen molar-refractivity contribution in [3.8, 4) is 17.2 Å². The van der Waals surface area contributed by atoms with Gasteiger partial charge in [-0.15, -0.1) is 0 Å². The Morgan fingerprint density at radius 2 is 1.95 bits per heavy atom. The van der Waals surface area contributed by atoms with Crippen LogP contribution in [0.1, 0.15) is 5.56 Å². The molecule has 0 atom stereocenters. The van der Waals surface area contributed by atoms with Gasteiger partial charge in [-0.25, -0.2) is 4.98 Å². The van der Waals surface area contributed by atoms with Crippen LogP contribution in [0.2, 0.25) is 5.02 Å². The first-order chi connectivity index (χ1) is 10.3. The van der Waals surface area contributed by atoms with E-state index in [1.807, 2.05) is 25.1 Å². The molecule has 0 N–H and O–H groups in total. The maximum atomic E-state index is 11.4. The van der Waals surface area contributed by atoms with Crippen LogP contribution < -0.4 is 4.18 Å². The number of aryl methyl sites for hydroxylation is 1. The number of aromatic nitrogens is 1. The van der Waals surface area contributed by atoms with Crippen molar-refractivity contribution in [3.05, 3.63) is 47.0 Å². The van der Waals surface area contributed by atoms with E-state index in [0.717, 1.165) is 11.8 Å². The highest BCUT2D eigenvalue weighted by Crippen LogP contribution is 2.34. The monoisotopic (exact) mass is 337 g/mol. The lowest BCUT2D eigenvalue weighted by molar-refractivity contribution is 0.492. The van der Waals surface area contributed by atoms with Crippen LogP contribution in [0, 0.1) is 6.92 Å². The number of oxazole rings is 1. The van der Waals surface area contributed by atoms with Crippen molar-refractivity contribution in [1.29, 1.82) is 0 Å². The molecule has 0 aliphatic heterocycles. The maximum absolute atomic E-state index is 11.4. The Bertz CT molecular complexity index is 963. The lowest BCUT2D eigenvalue weighted by atomic mass is 10.2. The van der Waals surface area contributed by atoms with E-state index < -0.39 is 10.1 Å². The number of nitrogens with zero attached hydrogens (tertiary/aromatic N) is 1. The van der Waals surface area contributed by atoms with Crippen LogP contribution >= 0.6 is 11.6 Å². The quantitative estimate of drug-likeness (QED) is 0.680. The molecule has 7 heteroatoms. The molecule has 1 aromatic heterocycles. The lowest BCUT2D eigenvalue weighted by Gasteiger charge is -2.07. The van der Waals surface area contributed by atoms with E-state index in [9.17, 15) is 8.42 Å². The first kappa shape index (κ1) is 14.9. The molecular formula is C15H12ClNO4S. The molecule has 0 aliphatic carbocycles. The second-order valence-electron chi connectivity index (χ2n) is 4.92. The molecule has 3 aromatic rings. The van der Waals surface area contributed by atoms with Gasteiger partial charge in [0.15, 0.2) is 11.3 Å². The van der Waals surface area contributed by atoms with Gasteiger partial charge in [0, 0.05) is 11.1 Å². The average Bonchev–Trinajstić information content (AvgIpc) is 2.79. The van der Waals surface area contributed by atoms with E-state index in [1.165, 1.54) is 6.07 Å². The normalized spacial score (nSPS) is 11.8. The Labute approximate surface area is 132 Å². The molecule has 0 fully saturated rings. The van der Waals surface area contributed by atoms with Gasteiger partial charge in [-0.05, 0) is 36.8 Å². The molecule has 5 nitrogen and oxygen atoms in total. The minimum Gasteiger partial charge on any atom is -0.436 e. The van der Waals surface area contributed by atoms with Crippen molar-refractivity contribution >= 4 is 32.8 Å². The highest BCUT2D eigenvalue weighted by atomic mass is 35.5. The van der Waals surface area contributed by atoms with Gasteiger partial charge >= 0.3 is 10.1 Å². The third-order valence-electron chi connectivity index (χ3n) is 2.96. The molecule has 1 heterocycles.